The van der Waals surface area contributed by atoms with Crippen LogP contribution in [0.15, 0.2) is 24.3 Å². The van der Waals surface area contributed by atoms with E-state index in [0.29, 0.717) is 11.5 Å². The van der Waals surface area contributed by atoms with Gasteiger partial charge in [-0.1, -0.05) is 37.6 Å². The fourth-order valence-corrected chi connectivity index (χ4v) is 2.15. The Bertz CT molecular complexity index is 316. The van der Waals surface area contributed by atoms with E-state index in [1.807, 2.05) is 12.1 Å². The van der Waals surface area contributed by atoms with Crippen molar-refractivity contribution >= 4 is 11.6 Å². The highest BCUT2D eigenvalue weighted by Crippen LogP contribution is 2.35. The van der Waals surface area contributed by atoms with Gasteiger partial charge in [0.05, 0.1) is 0 Å². The SMILES string of the molecule is CC1(C)CN[C@@H](c2ccc(Cl)cc2)C1. The number of hydrogen-bond donors (Lipinski definition) is 1. The molecule has 0 radical (unpaired) electrons. The van der Waals surface area contributed by atoms with Crippen LogP contribution in [-0.4, -0.2) is 6.54 Å². The molecule has 2 rings (SSSR count). The molecule has 1 aromatic carbocycles. The molecule has 1 aliphatic rings. The maximum absolute atomic E-state index is 5.85. The first-order valence-corrected chi connectivity index (χ1v) is 5.43. The van der Waals surface area contributed by atoms with Crippen molar-refractivity contribution in [3.8, 4) is 0 Å². The topological polar surface area (TPSA) is 12.0 Å². The van der Waals surface area contributed by atoms with Gasteiger partial charge in [-0.3, -0.25) is 0 Å². The Labute approximate surface area is 90.5 Å². The molecule has 0 spiro atoms. The molecule has 0 amide bonds. The van der Waals surface area contributed by atoms with Crippen molar-refractivity contribution in [2.24, 2.45) is 5.41 Å². The Kier molecular flexibility index (Phi) is 2.54. The van der Waals surface area contributed by atoms with E-state index >= 15 is 0 Å². The van der Waals surface area contributed by atoms with Crippen molar-refractivity contribution in [1.82, 2.24) is 5.32 Å². The largest absolute Gasteiger partial charge is 0.309 e. The molecule has 0 aromatic heterocycles. The smallest absolute Gasteiger partial charge is 0.0406 e. The number of rotatable bonds is 1. The second-order valence-electron chi connectivity index (χ2n) is 4.85. The number of benzene rings is 1. The second-order valence-corrected chi connectivity index (χ2v) is 5.29. The molecule has 76 valence electrons. The highest BCUT2D eigenvalue weighted by Gasteiger charge is 2.30. The third kappa shape index (κ3) is 2.10. The molecule has 0 aliphatic carbocycles. The van der Waals surface area contributed by atoms with Gasteiger partial charge in [0.2, 0.25) is 0 Å². The van der Waals surface area contributed by atoms with Crippen LogP contribution in [0, 0.1) is 5.41 Å². The zero-order chi connectivity index (χ0) is 10.2. The predicted octanol–water partition coefficient (Wildman–Crippen LogP) is 3.40. The average Bonchev–Trinajstić information content (AvgIpc) is 2.47. The Balaban J connectivity index is 2.14. The summed E-state index contributed by atoms with van der Waals surface area (Å²) in [4.78, 5) is 0. The van der Waals surface area contributed by atoms with Crippen LogP contribution >= 0.6 is 11.6 Å². The maximum Gasteiger partial charge on any atom is 0.0406 e. The van der Waals surface area contributed by atoms with Crippen LogP contribution in [0.2, 0.25) is 5.02 Å². The molecule has 1 heterocycles. The molecule has 2 heteroatoms. The van der Waals surface area contributed by atoms with E-state index < -0.39 is 0 Å². The van der Waals surface area contributed by atoms with Crippen LogP contribution in [-0.2, 0) is 0 Å². The summed E-state index contributed by atoms with van der Waals surface area (Å²) >= 11 is 5.85. The van der Waals surface area contributed by atoms with Crippen LogP contribution in [0.1, 0.15) is 31.9 Å². The Morgan fingerprint density at radius 1 is 1.29 bits per heavy atom. The van der Waals surface area contributed by atoms with E-state index in [9.17, 15) is 0 Å². The zero-order valence-corrected chi connectivity index (χ0v) is 9.43. The van der Waals surface area contributed by atoms with Crippen molar-refractivity contribution in [2.75, 3.05) is 6.54 Å². The third-order valence-electron chi connectivity index (χ3n) is 2.86. The molecule has 1 atom stereocenters. The van der Waals surface area contributed by atoms with E-state index in [-0.39, 0.29) is 0 Å². The van der Waals surface area contributed by atoms with Gasteiger partial charge >= 0.3 is 0 Å². The summed E-state index contributed by atoms with van der Waals surface area (Å²) in [6.45, 7) is 5.70. The summed E-state index contributed by atoms with van der Waals surface area (Å²) in [6.07, 6.45) is 1.20. The van der Waals surface area contributed by atoms with Gasteiger partial charge in [0, 0.05) is 17.6 Å². The molecule has 1 saturated heterocycles. The molecular formula is C12H16ClN. The normalized spacial score (nSPS) is 25.2. The average molecular weight is 210 g/mol. The minimum absolute atomic E-state index is 0.421. The molecule has 0 bridgehead atoms. The van der Waals surface area contributed by atoms with Crippen molar-refractivity contribution in [3.63, 3.8) is 0 Å². The number of halogens is 1. The lowest BCUT2D eigenvalue weighted by molar-refractivity contribution is 0.403. The highest BCUT2D eigenvalue weighted by molar-refractivity contribution is 6.30. The van der Waals surface area contributed by atoms with Crippen molar-refractivity contribution in [1.29, 1.82) is 0 Å². The van der Waals surface area contributed by atoms with Gasteiger partial charge in [-0.25, -0.2) is 0 Å². The van der Waals surface area contributed by atoms with Crippen molar-refractivity contribution < 1.29 is 0 Å². The van der Waals surface area contributed by atoms with Crippen LogP contribution in [0.5, 0.6) is 0 Å². The van der Waals surface area contributed by atoms with E-state index in [0.717, 1.165) is 11.6 Å². The quantitative estimate of drug-likeness (QED) is 0.748. The van der Waals surface area contributed by atoms with Gasteiger partial charge in [0.25, 0.3) is 0 Å². The zero-order valence-electron chi connectivity index (χ0n) is 8.68. The van der Waals surface area contributed by atoms with Gasteiger partial charge in [0.1, 0.15) is 0 Å². The molecule has 14 heavy (non-hydrogen) atoms. The molecule has 1 nitrogen and oxygen atoms in total. The summed E-state index contributed by atoms with van der Waals surface area (Å²) in [5, 5.41) is 4.35. The lowest BCUT2D eigenvalue weighted by Crippen LogP contribution is -2.16. The summed E-state index contributed by atoms with van der Waals surface area (Å²) in [6, 6.07) is 8.65. The Hall–Kier alpha value is -0.530. The summed E-state index contributed by atoms with van der Waals surface area (Å²) in [7, 11) is 0. The monoisotopic (exact) mass is 209 g/mol. The molecule has 0 unspecified atom stereocenters. The van der Waals surface area contributed by atoms with E-state index in [4.69, 9.17) is 11.6 Å². The first kappa shape index (κ1) is 10.0. The van der Waals surface area contributed by atoms with Crippen LogP contribution < -0.4 is 5.32 Å². The minimum atomic E-state index is 0.421. The van der Waals surface area contributed by atoms with Gasteiger partial charge in [-0.2, -0.15) is 0 Å². The van der Waals surface area contributed by atoms with E-state index in [1.165, 1.54) is 12.0 Å². The van der Waals surface area contributed by atoms with Gasteiger partial charge in [0.15, 0.2) is 0 Å². The van der Waals surface area contributed by atoms with Gasteiger partial charge in [-0.05, 0) is 29.5 Å². The summed E-state index contributed by atoms with van der Waals surface area (Å²) in [5.41, 5.74) is 1.77. The molecule has 1 aromatic rings. The fraction of sp³-hybridized carbons (Fsp3) is 0.500. The predicted molar refractivity (Wildman–Crippen MR) is 60.6 cm³/mol. The van der Waals surface area contributed by atoms with E-state index in [1.54, 1.807) is 0 Å². The molecule has 1 N–H and O–H groups in total. The molecule has 1 fully saturated rings. The van der Waals surface area contributed by atoms with Crippen LogP contribution in [0.4, 0.5) is 0 Å². The standard InChI is InChI=1S/C12H16ClN/c1-12(2)7-11(14-8-12)9-3-5-10(13)6-4-9/h3-6,11,14H,7-8H2,1-2H3/t11-/m1/s1. The first-order valence-electron chi connectivity index (χ1n) is 5.06. The van der Waals surface area contributed by atoms with Crippen molar-refractivity contribution in [3.05, 3.63) is 34.9 Å². The first-order chi connectivity index (χ1) is 6.57. The minimum Gasteiger partial charge on any atom is -0.309 e. The maximum atomic E-state index is 5.85. The van der Waals surface area contributed by atoms with Crippen LogP contribution in [0.3, 0.4) is 0 Å². The summed E-state index contributed by atoms with van der Waals surface area (Å²) in [5.74, 6) is 0. The molecule has 1 aliphatic heterocycles. The Morgan fingerprint density at radius 3 is 2.43 bits per heavy atom. The highest BCUT2D eigenvalue weighted by atomic mass is 35.5. The fourth-order valence-electron chi connectivity index (χ4n) is 2.03. The second kappa shape index (κ2) is 3.56. The third-order valence-corrected chi connectivity index (χ3v) is 3.11. The lowest BCUT2D eigenvalue weighted by Gasteiger charge is -2.15. The molecular weight excluding hydrogens is 194 g/mol. The van der Waals surface area contributed by atoms with Gasteiger partial charge in [-0.15, -0.1) is 0 Å². The Morgan fingerprint density at radius 2 is 1.93 bits per heavy atom. The lowest BCUT2D eigenvalue weighted by atomic mass is 9.89. The number of hydrogen-bond acceptors (Lipinski definition) is 1. The van der Waals surface area contributed by atoms with Gasteiger partial charge < -0.3 is 5.32 Å². The van der Waals surface area contributed by atoms with Crippen molar-refractivity contribution in [2.45, 2.75) is 26.3 Å². The summed E-state index contributed by atoms with van der Waals surface area (Å²) < 4.78 is 0. The van der Waals surface area contributed by atoms with Crippen LogP contribution in [0.25, 0.3) is 0 Å². The molecule has 0 saturated carbocycles. The number of nitrogens with one attached hydrogen (secondary N) is 1. The van der Waals surface area contributed by atoms with E-state index in [2.05, 4.69) is 31.3 Å².